The SMILES string of the molecule is CC1CCN(C(=O)C=O)CC1. The number of hydrogen-bond donors (Lipinski definition) is 0. The molecule has 0 N–H and O–H groups in total. The second-order valence-electron chi connectivity index (χ2n) is 3.13. The zero-order chi connectivity index (χ0) is 8.27. The van der Waals surface area contributed by atoms with Gasteiger partial charge in [0.1, 0.15) is 0 Å². The largest absolute Gasteiger partial charge is 0.336 e. The van der Waals surface area contributed by atoms with Gasteiger partial charge in [-0.05, 0) is 18.8 Å². The highest BCUT2D eigenvalue weighted by molar-refractivity contribution is 6.23. The quantitative estimate of drug-likeness (QED) is 0.407. The molecule has 0 radical (unpaired) electrons. The van der Waals surface area contributed by atoms with Crippen LogP contribution in [0.4, 0.5) is 0 Å². The molecule has 1 fully saturated rings. The zero-order valence-electron chi connectivity index (χ0n) is 6.75. The molecule has 0 atom stereocenters. The minimum Gasteiger partial charge on any atom is -0.336 e. The molecule has 0 unspecified atom stereocenters. The Morgan fingerprint density at radius 1 is 1.45 bits per heavy atom. The van der Waals surface area contributed by atoms with Crippen LogP contribution in [0.25, 0.3) is 0 Å². The van der Waals surface area contributed by atoms with Crippen molar-refractivity contribution in [3.63, 3.8) is 0 Å². The molecular weight excluding hydrogens is 142 g/mol. The van der Waals surface area contributed by atoms with Crippen molar-refractivity contribution in [2.75, 3.05) is 13.1 Å². The number of hydrogen-bond acceptors (Lipinski definition) is 2. The molecule has 3 nitrogen and oxygen atoms in total. The van der Waals surface area contributed by atoms with Crippen molar-refractivity contribution in [2.45, 2.75) is 19.8 Å². The van der Waals surface area contributed by atoms with Gasteiger partial charge in [-0.15, -0.1) is 0 Å². The maximum absolute atomic E-state index is 10.8. The Bertz CT molecular complexity index is 159. The molecule has 0 aromatic carbocycles. The topological polar surface area (TPSA) is 37.4 Å². The van der Waals surface area contributed by atoms with Crippen LogP contribution in [0.15, 0.2) is 0 Å². The molecule has 1 amide bonds. The Morgan fingerprint density at radius 3 is 2.45 bits per heavy atom. The summed E-state index contributed by atoms with van der Waals surface area (Å²) in [5, 5.41) is 0. The number of piperidine rings is 1. The molecule has 11 heavy (non-hydrogen) atoms. The van der Waals surface area contributed by atoms with E-state index < -0.39 is 0 Å². The van der Waals surface area contributed by atoms with Crippen molar-refractivity contribution in [1.82, 2.24) is 4.90 Å². The van der Waals surface area contributed by atoms with Gasteiger partial charge in [-0.3, -0.25) is 9.59 Å². The number of carbonyl (C=O) groups excluding carboxylic acids is 2. The van der Waals surface area contributed by atoms with Gasteiger partial charge in [-0.1, -0.05) is 6.92 Å². The molecule has 0 bridgehead atoms. The number of aldehydes is 1. The fourth-order valence-corrected chi connectivity index (χ4v) is 1.30. The molecule has 1 heterocycles. The Hall–Kier alpha value is -0.860. The van der Waals surface area contributed by atoms with E-state index in [1.165, 1.54) is 0 Å². The summed E-state index contributed by atoms with van der Waals surface area (Å²) in [5.74, 6) is 0.336. The minimum absolute atomic E-state index is 0.364. The van der Waals surface area contributed by atoms with Gasteiger partial charge in [-0.2, -0.15) is 0 Å². The Labute approximate surface area is 66.4 Å². The van der Waals surface area contributed by atoms with Crippen LogP contribution in [0.3, 0.4) is 0 Å². The molecule has 1 aliphatic rings. The van der Waals surface area contributed by atoms with Crippen LogP contribution in [-0.4, -0.2) is 30.2 Å². The monoisotopic (exact) mass is 155 g/mol. The molecular formula is C8H13NO2. The third kappa shape index (κ3) is 2.03. The molecule has 0 spiro atoms. The van der Waals surface area contributed by atoms with Crippen LogP contribution < -0.4 is 0 Å². The van der Waals surface area contributed by atoms with E-state index in [4.69, 9.17) is 0 Å². The van der Waals surface area contributed by atoms with Gasteiger partial charge in [0, 0.05) is 13.1 Å². The molecule has 0 aromatic rings. The Morgan fingerprint density at radius 2 is 2.00 bits per heavy atom. The fraction of sp³-hybridized carbons (Fsp3) is 0.750. The number of likely N-dealkylation sites (tertiary alicyclic amines) is 1. The smallest absolute Gasteiger partial charge is 0.286 e. The first-order valence-electron chi connectivity index (χ1n) is 3.98. The van der Waals surface area contributed by atoms with Crippen LogP contribution in [0.1, 0.15) is 19.8 Å². The van der Waals surface area contributed by atoms with Crippen molar-refractivity contribution in [3.8, 4) is 0 Å². The first-order chi connectivity index (χ1) is 5.24. The van der Waals surface area contributed by atoms with E-state index in [1.54, 1.807) is 4.90 Å². The summed E-state index contributed by atoms with van der Waals surface area (Å²) in [6, 6.07) is 0. The van der Waals surface area contributed by atoms with Crippen LogP contribution in [0, 0.1) is 5.92 Å². The number of nitrogens with zero attached hydrogens (tertiary/aromatic N) is 1. The highest BCUT2D eigenvalue weighted by Crippen LogP contribution is 2.15. The van der Waals surface area contributed by atoms with E-state index in [0.29, 0.717) is 12.2 Å². The molecule has 0 aliphatic carbocycles. The summed E-state index contributed by atoms with van der Waals surface area (Å²) in [4.78, 5) is 22.5. The lowest BCUT2D eigenvalue weighted by Crippen LogP contribution is -2.38. The normalized spacial score (nSPS) is 19.9. The number of rotatable bonds is 1. The molecule has 3 heteroatoms. The van der Waals surface area contributed by atoms with Gasteiger partial charge in [0.15, 0.2) is 0 Å². The Kier molecular flexibility index (Phi) is 2.63. The highest BCUT2D eigenvalue weighted by Gasteiger charge is 2.18. The van der Waals surface area contributed by atoms with Crippen molar-refractivity contribution in [2.24, 2.45) is 5.92 Å². The van der Waals surface area contributed by atoms with Crippen molar-refractivity contribution in [1.29, 1.82) is 0 Å². The lowest BCUT2D eigenvalue weighted by molar-refractivity contribution is -0.139. The van der Waals surface area contributed by atoms with E-state index in [9.17, 15) is 9.59 Å². The summed E-state index contributed by atoms with van der Waals surface area (Å²) in [5.41, 5.74) is 0. The van der Waals surface area contributed by atoms with Crippen molar-refractivity contribution in [3.05, 3.63) is 0 Å². The lowest BCUT2D eigenvalue weighted by atomic mass is 9.99. The van der Waals surface area contributed by atoms with Gasteiger partial charge in [0.05, 0.1) is 0 Å². The van der Waals surface area contributed by atoms with Gasteiger partial charge < -0.3 is 4.90 Å². The molecule has 1 aliphatic heterocycles. The molecule has 62 valence electrons. The van der Waals surface area contributed by atoms with Crippen molar-refractivity contribution < 1.29 is 9.59 Å². The van der Waals surface area contributed by atoms with E-state index in [-0.39, 0.29) is 5.91 Å². The van der Waals surface area contributed by atoms with Gasteiger partial charge in [0.25, 0.3) is 5.91 Å². The van der Waals surface area contributed by atoms with E-state index in [2.05, 4.69) is 6.92 Å². The van der Waals surface area contributed by atoms with Gasteiger partial charge >= 0.3 is 0 Å². The van der Waals surface area contributed by atoms with Crippen LogP contribution in [0.5, 0.6) is 0 Å². The molecule has 1 saturated heterocycles. The summed E-state index contributed by atoms with van der Waals surface area (Å²) in [7, 11) is 0. The summed E-state index contributed by atoms with van der Waals surface area (Å²) in [6.07, 6.45) is 2.45. The van der Waals surface area contributed by atoms with E-state index in [0.717, 1.165) is 25.9 Å². The van der Waals surface area contributed by atoms with E-state index in [1.807, 2.05) is 0 Å². The number of carbonyl (C=O) groups is 2. The van der Waals surface area contributed by atoms with E-state index >= 15 is 0 Å². The average molecular weight is 155 g/mol. The maximum atomic E-state index is 10.8. The predicted molar refractivity (Wildman–Crippen MR) is 41.0 cm³/mol. The second-order valence-corrected chi connectivity index (χ2v) is 3.13. The van der Waals surface area contributed by atoms with Crippen molar-refractivity contribution >= 4 is 12.2 Å². The lowest BCUT2D eigenvalue weighted by Gasteiger charge is -2.28. The predicted octanol–water partition coefficient (Wildman–Crippen LogP) is 0.444. The van der Waals surface area contributed by atoms with Crippen LogP contribution in [-0.2, 0) is 9.59 Å². The molecule has 1 rings (SSSR count). The average Bonchev–Trinajstić information content (AvgIpc) is 2.05. The molecule has 0 aromatic heterocycles. The Balaban J connectivity index is 2.38. The maximum Gasteiger partial charge on any atom is 0.286 e. The first kappa shape index (κ1) is 8.24. The van der Waals surface area contributed by atoms with Crippen LogP contribution >= 0.6 is 0 Å². The summed E-state index contributed by atoms with van der Waals surface area (Å²) in [6.45, 7) is 3.67. The second kappa shape index (κ2) is 3.51. The summed E-state index contributed by atoms with van der Waals surface area (Å²) < 4.78 is 0. The van der Waals surface area contributed by atoms with Gasteiger partial charge in [0.2, 0.25) is 6.29 Å². The first-order valence-corrected chi connectivity index (χ1v) is 3.98. The van der Waals surface area contributed by atoms with Gasteiger partial charge in [-0.25, -0.2) is 0 Å². The third-order valence-corrected chi connectivity index (χ3v) is 2.20. The zero-order valence-corrected chi connectivity index (χ0v) is 6.75. The molecule has 0 saturated carbocycles. The fourth-order valence-electron chi connectivity index (χ4n) is 1.30. The standard InChI is InChI=1S/C8H13NO2/c1-7-2-4-9(5-3-7)8(11)6-10/h6-7H,2-5H2,1H3. The van der Waals surface area contributed by atoms with Crippen LogP contribution in [0.2, 0.25) is 0 Å². The number of amides is 1. The summed E-state index contributed by atoms with van der Waals surface area (Å²) >= 11 is 0. The minimum atomic E-state index is -0.364. The third-order valence-electron chi connectivity index (χ3n) is 2.20. The highest BCUT2D eigenvalue weighted by atomic mass is 16.2.